The van der Waals surface area contributed by atoms with E-state index in [-0.39, 0.29) is 5.91 Å². The minimum Gasteiger partial charge on any atom is -0.481 e. The van der Waals surface area contributed by atoms with Crippen LogP contribution in [0.15, 0.2) is 48.5 Å². The number of carbonyl (C=O) groups excluding carboxylic acids is 1. The maximum Gasteiger partial charge on any atom is 0.265 e. The Morgan fingerprint density at radius 1 is 1.05 bits per heavy atom. The third-order valence-electron chi connectivity index (χ3n) is 3.20. The Bertz CT molecular complexity index is 593. The number of hydrogen-bond acceptors (Lipinski definition) is 2. The zero-order valence-corrected chi connectivity index (χ0v) is 12.0. The van der Waals surface area contributed by atoms with Crippen LogP contribution in [0.25, 0.3) is 0 Å². The first kappa shape index (κ1) is 14.1. The van der Waals surface area contributed by atoms with Gasteiger partial charge in [-0.2, -0.15) is 0 Å². The lowest BCUT2D eigenvalue weighted by molar-refractivity contribution is -0.122. The lowest BCUT2D eigenvalue weighted by atomic mass is 10.1. The number of aryl methyl sites for hydroxylation is 2. The second-order valence-corrected chi connectivity index (χ2v) is 4.86. The highest BCUT2D eigenvalue weighted by atomic mass is 16.5. The van der Waals surface area contributed by atoms with Crippen molar-refractivity contribution in [2.45, 2.75) is 26.9 Å². The van der Waals surface area contributed by atoms with Crippen LogP contribution in [-0.2, 0) is 4.79 Å². The van der Waals surface area contributed by atoms with Gasteiger partial charge in [-0.25, -0.2) is 0 Å². The van der Waals surface area contributed by atoms with Gasteiger partial charge < -0.3 is 10.1 Å². The number of amides is 1. The van der Waals surface area contributed by atoms with E-state index in [9.17, 15) is 4.79 Å². The summed E-state index contributed by atoms with van der Waals surface area (Å²) in [5.74, 6) is 0.554. The second kappa shape index (κ2) is 6.24. The molecule has 0 saturated heterocycles. The van der Waals surface area contributed by atoms with E-state index in [0.29, 0.717) is 5.75 Å². The highest BCUT2D eigenvalue weighted by molar-refractivity contribution is 5.94. The third-order valence-corrected chi connectivity index (χ3v) is 3.20. The highest BCUT2D eigenvalue weighted by Crippen LogP contribution is 2.18. The molecule has 0 fully saturated rings. The number of para-hydroxylation sites is 1. The Hall–Kier alpha value is -2.29. The van der Waals surface area contributed by atoms with Gasteiger partial charge in [-0.05, 0) is 56.2 Å². The number of rotatable bonds is 4. The smallest absolute Gasteiger partial charge is 0.265 e. The summed E-state index contributed by atoms with van der Waals surface area (Å²) in [6.07, 6.45) is -0.544. The molecule has 1 amide bonds. The Morgan fingerprint density at radius 3 is 2.40 bits per heavy atom. The van der Waals surface area contributed by atoms with Crippen LogP contribution in [0.4, 0.5) is 5.69 Å². The van der Waals surface area contributed by atoms with Gasteiger partial charge in [0.2, 0.25) is 0 Å². The summed E-state index contributed by atoms with van der Waals surface area (Å²) >= 11 is 0. The summed E-state index contributed by atoms with van der Waals surface area (Å²) in [4.78, 5) is 12.0. The molecule has 0 heterocycles. The fourth-order valence-corrected chi connectivity index (χ4v) is 1.81. The van der Waals surface area contributed by atoms with Gasteiger partial charge >= 0.3 is 0 Å². The van der Waals surface area contributed by atoms with Crippen molar-refractivity contribution in [1.82, 2.24) is 0 Å². The molecule has 0 aromatic heterocycles. The van der Waals surface area contributed by atoms with E-state index >= 15 is 0 Å². The van der Waals surface area contributed by atoms with Crippen LogP contribution in [0.5, 0.6) is 5.75 Å². The Kier molecular flexibility index (Phi) is 4.41. The summed E-state index contributed by atoms with van der Waals surface area (Å²) in [6.45, 7) is 5.81. The number of carbonyl (C=O) groups is 1. The molecule has 2 aromatic carbocycles. The molecule has 3 nitrogen and oxygen atoms in total. The van der Waals surface area contributed by atoms with Crippen LogP contribution >= 0.6 is 0 Å². The van der Waals surface area contributed by atoms with Crippen LogP contribution in [0.3, 0.4) is 0 Å². The summed E-state index contributed by atoms with van der Waals surface area (Å²) in [5.41, 5.74) is 3.13. The van der Waals surface area contributed by atoms with Crippen molar-refractivity contribution in [3.63, 3.8) is 0 Å². The summed E-state index contributed by atoms with van der Waals surface area (Å²) in [5, 5.41) is 2.82. The molecule has 2 aromatic rings. The van der Waals surface area contributed by atoms with Crippen molar-refractivity contribution in [2.24, 2.45) is 0 Å². The number of benzene rings is 2. The summed E-state index contributed by atoms with van der Waals surface area (Å²) in [7, 11) is 0. The van der Waals surface area contributed by atoms with Gasteiger partial charge in [0.1, 0.15) is 5.75 Å². The van der Waals surface area contributed by atoms with Crippen LogP contribution < -0.4 is 10.1 Å². The predicted molar refractivity (Wildman–Crippen MR) is 81.1 cm³/mol. The molecule has 0 aliphatic carbocycles. The Labute approximate surface area is 119 Å². The fraction of sp³-hybridized carbons (Fsp3) is 0.235. The van der Waals surface area contributed by atoms with Gasteiger partial charge in [-0.1, -0.05) is 24.3 Å². The van der Waals surface area contributed by atoms with E-state index in [1.54, 1.807) is 6.92 Å². The normalized spacial score (nSPS) is 11.8. The minimum absolute atomic E-state index is 0.158. The molecule has 104 valence electrons. The van der Waals surface area contributed by atoms with Gasteiger partial charge in [0, 0.05) is 5.69 Å². The quantitative estimate of drug-likeness (QED) is 0.919. The molecule has 20 heavy (non-hydrogen) atoms. The van der Waals surface area contributed by atoms with E-state index in [1.807, 2.05) is 62.4 Å². The molecule has 2 rings (SSSR count). The van der Waals surface area contributed by atoms with Crippen LogP contribution in [0.1, 0.15) is 18.1 Å². The van der Waals surface area contributed by atoms with Crippen molar-refractivity contribution in [3.05, 3.63) is 59.7 Å². The maximum atomic E-state index is 12.0. The molecule has 1 atom stereocenters. The first-order valence-corrected chi connectivity index (χ1v) is 6.66. The topological polar surface area (TPSA) is 38.3 Å². The first-order chi connectivity index (χ1) is 9.56. The molecule has 0 saturated carbocycles. The van der Waals surface area contributed by atoms with Gasteiger partial charge in [-0.3, -0.25) is 4.79 Å². The van der Waals surface area contributed by atoms with Crippen LogP contribution in [-0.4, -0.2) is 12.0 Å². The summed E-state index contributed by atoms with van der Waals surface area (Å²) < 4.78 is 5.67. The average Bonchev–Trinajstić information content (AvgIpc) is 2.44. The minimum atomic E-state index is -0.544. The lowest BCUT2D eigenvalue weighted by Gasteiger charge is -2.15. The third kappa shape index (κ3) is 3.60. The molecule has 0 unspecified atom stereocenters. The Morgan fingerprint density at radius 2 is 1.75 bits per heavy atom. The van der Waals surface area contributed by atoms with Crippen molar-refractivity contribution in [2.75, 3.05) is 5.32 Å². The van der Waals surface area contributed by atoms with Gasteiger partial charge in [0.05, 0.1) is 0 Å². The van der Waals surface area contributed by atoms with E-state index in [4.69, 9.17) is 4.74 Å². The van der Waals surface area contributed by atoms with Gasteiger partial charge in [0.15, 0.2) is 6.10 Å². The largest absolute Gasteiger partial charge is 0.481 e. The molecule has 0 spiro atoms. The number of nitrogens with one attached hydrogen (secondary N) is 1. The number of hydrogen-bond donors (Lipinski definition) is 1. The fourth-order valence-electron chi connectivity index (χ4n) is 1.81. The molecular weight excluding hydrogens is 250 g/mol. The standard InChI is InChI=1S/C17H19NO2/c1-12-9-10-16(11-13(12)2)20-14(3)17(19)18-15-7-5-4-6-8-15/h4-11,14H,1-3H3,(H,18,19)/t14-/m1/s1. The van der Waals surface area contributed by atoms with E-state index in [0.717, 1.165) is 11.3 Å². The van der Waals surface area contributed by atoms with E-state index < -0.39 is 6.10 Å². The SMILES string of the molecule is Cc1ccc(O[C@H](C)C(=O)Nc2ccccc2)cc1C. The number of anilines is 1. The van der Waals surface area contributed by atoms with E-state index in [1.165, 1.54) is 5.56 Å². The molecule has 3 heteroatoms. The van der Waals surface area contributed by atoms with Crippen molar-refractivity contribution >= 4 is 11.6 Å². The van der Waals surface area contributed by atoms with E-state index in [2.05, 4.69) is 5.32 Å². The summed E-state index contributed by atoms with van der Waals surface area (Å²) in [6, 6.07) is 15.2. The highest BCUT2D eigenvalue weighted by Gasteiger charge is 2.14. The average molecular weight is 269 g/mol. The predicted octanol–water partition coefficient (Wildman–Crippen LogP) is 3.71. The zero-order chi connectivity index (χ0) is 14.5. The lowest BCUT2D eigenvalue weighted by Crippen LogP contribution is -2.30. The second-order valence-electron chi connectivity index (χ2n) is 4.86. The maximum absolute atomic E-state index is 12.0. The zero-order valence-electron chi connectivity index (χ0n) is 12.0. The van der Waals surface area contributed by atoms with Crippen LogP contribution in [0, 0.1) is 13.8 Å². The molecule has 1 N–H and O–H groups in total. The molecule has 0 bridgehead atoms. The Balaban J connectivity index is 1.98. The van der Waals surface area contributed by atoms with Crippen molar-refractivity contribution in [1.29, 1.82) is 0 Å². The van der Waals surface area contributed by atoms with Crippen LogP contribution in [0.2, 0.25) is 0 Å². The molecular formula is C17H19NO2. The molecule has 0 aliphatic rings. The first-order valence-electron chi connectivity index (χ1n) is 6.66. The molecule has 0 radical (unpaired) electrons. The number of ether oxygens (including phenoxy) is 1. The van der Waals surface area contributed by atoms with Gasteiger partial charge in [0.25, 0.3) is 5.91 Å². The molecule has 0 aliphatic heterocycles. The monoisotopic (exact) mass is 269 g/mol. The van der Waals surface area contributed by atoms with Crippen molar-refractivity contribution < 1.29 is 9.53 Å². The van der Waals surface area contributed by atoms with Crippen molar-refractivity contribution in [3.8, 4) is 5.75 Å². The van der Waals surface area contributed by atoms with Gasteiger partial charge in [-0.15, -0.1) is 0 Å².